The van der Waals surface area contributed by atoms with Crippen LogP contribution in [-0.2, 0) is 0 Å². The number of benzene rings is 1. The third-order valence-electron chi connectivity index (χ3n) is 4.02. The van der Waals surface area contributed by atoms with Crippen LogP contribution in [0.1, 0.15) is 25.9 Å². The largest absolute Gasteiger partial charge is 0.364 e. The highest BCUT2D eigenvalue weighted by Gasteiger charge is 2.17. The van der Waals surface area contributed by atoms with Crippen molar-refractivity contribution in [3.05, 3.63) is 69.3 Å². The molecule has 10 heteroatoms. The highest BCUT2D eigenvalue weighted by atomic mass is 35.5. The van der Waals surface area contributed by atoms with Gasteiger partial charge in [0.05, 0.1) is 20.6 Å². The van der Waals surface area contributed by atoms with Crippen molar-refractivity contribution in [2.45, 2.75) is 6.92 Å². The Morgan fingerprint density at radius 2 is 1.86 bits per heavy atom. The quantitative estimate of drug-likeness (QED) is 0.478. The van der Waals surface area contributed by atoms with E-state index in [-0.39, 0.29) is 11.6 Å². The third kappa shape index (κ3) is 4.07. The predicted octanol–water partition coefficient (Wildman–Crippen LogP) is 4.37. The van der Waals surface area contributed by atoms with Gasteiger partial charge in [0.25, 0.3) is 11.8 Å². The van der Waals surface area contributed by atoms with E-state index in [2.05, 4.69) is 15.4 Å². The van der Waals surface area contributed by atoms with Gasteiger partial charge in [-0.05, 0) is 49.4 Å². The number of anilines is 1. The Balaban J connectivity index is 1.50. The first-order valence-corrected chi connectivity index (χ1v) is 10.4. The molecular formula is C19H14ClN5O2S2. The number of rotatable bonds is 5. The fourth-order valence-electron chi connectivity index (χ4n) is 2.63. The van der Waals surface area contributed by atoms with Gasteiger partial charge < -0.3 is 11.1 Å². The van der Waals surface area contributed by atoms with E-state index in [1.165, 1.54) is 27.4 Å². The number of nitrogens with zero attached hydrogens (tertiary/aromatic N) is 3. The molecule has 0 bridgehead atoms. The number of aryl methyl sites for hydroxylation is 1. The van der Waals surface area contributed by atoms with Crippen molar-refractivity contribution < 1.29 is 9.59 Å². The number of carbonyl (C=O) groups is 2. The number of nitrogens with one attached hydrogen (secondary N) is 1. The molecule has 0 atom stereocenters. The first-order chi connectivity index (χ1) is 13.9. The Labute approximate surface area is 178 Å². The van der Waals surface area contributed by atoms with Gasteiger partial charge in [-0.1, -0.05) is 11.6 Å². The van der Waals surface area contributed by atoms with Gasteiger partial charge in [-0.2, -0.15) is 5.10 Å². The monoisotopic (exact) mass is 443 g/mol. The Morgan fingerprint density at radius 1 is 1.10 bits per heavy atom. The van der Waals surface area contributed by atoms with Crippen LogP contribution in [0, 0.1) is 6.92 Å². The SMILES string of the molecule is Cc1nc(-c2ccc(Cl)s2)sc1C(=O)Nc1ccc(-n2ccc(C(N)=O)n2)cc1. The summed E-state index contributed by atoms with van der Waals surface area (Å²) < 4.78 is 2.22. The van der Waals surface area contributed by atoms with Crippen LogP contribution in [-0.4, -0.2) is 26.6 Å². The highest BCUT2D eigenvalue weighted by molar-refractivity contribution is 7.24. The topological polar surface area (TPSA) is 103 Å². The molecule has 1 aromatic carbocycles. The lowest BCUT2D eigenvalue weighted by molar-refractivity contribution is 0.0993. The Kier molecular flexibility index (Phi) is 5.18. The van der Waals surface area contributed by atoms with E-state index in [9.17, 15) is 9.59 Å². The van der Waals surface area contributed by atoms with Crippen LogP contribution in [0.4, 0.5) is 5.69 Å². The molecule has 0 saturated carbocycles. The lowest BCUT2D eigenvalue weighted by Gasteiger charge is -2.06. The second-order valence-corrected chi connectivity index (χ2v) is 8.76. The summed E-state index contributed by atoms with van der Waals surface area (Å²) in [6.45, 7) is 1.81. The van der Waals surface area contributed by atoms with E-state index in [1.54, 1.807) is 43.5 Å². The number of nitrogens with two attached hydrogens (primary N) is 1. The van der Waals surface area contributed by atoms with Crippen LogP contribution in [0.15, 0.2) is 48.7 Å². The molecule has 29 heavy (non-hydrogen) atoms. The van der Waals surface area contributed by atoms with Gasteiger partial charge in [-0.3, -0.25) is 9.59 Å². The van der Waals surface area contributed by atoms with Gasteiger partial charge in [-0.15, -0.1) is 22.7 Å². The minimum atomic E-state index is -0.586. The van der Waals surface area contributed by atoms with Gasteiger partial charge in [0.1, 0.15) is 15.6 Å². The van der Waals surface area contributed by atoms with Gasteiger partial charge in [-0.25, -0.2) is 9.67 Å². The summed E-state index contributed by atoms with van der Waals surface area (Å²) in [4.78, 5) is 29.8. The van der Waals surface area contributed by atoms with E-state index in [4.69, 9.17) is 17.3 Å². The van der Waals surface area contributed by atoms with E-state index >= 15 is 0 Å². The first kappa shape index (κ1) is 19.3. The highest BCUT2D eigenvalue weighted by Crippen LogP contribution is 2.35. The molecule has 0 radical (unpaired) electrons. The van der Waals surface area contributed by atoms with Crippen LogP contribution in [0.5, 0.6) is 0 Å². The van der Waals surface area contributed by atoms with Gasteiger partial charge in [0.2, 0.25) is 0 Å². The maximum absolute atomic E-state index is 12.7. The molecule has 0 aliphatic rings. The molecule has 3 heterocycles. The molecule has 3 aromatic heterocycles. The number of hydrogen-bond acceptors (Lipinski definition) is 6. The summed E-state index contributed by atoms with van der Waals surface area (Å²) in [6.07, 6.45) is 1.65. The summed E-state index contributed by atoms with van der Waals surface area (Å²) >= 11 is 8.74. The van der Waals surface area contributed by atoms with E-state index in [0.717, 1.165) is 15.6 Å². The molecule has 0 aliphatic heterocycles. The fourth-order valence-corrected chi connectivity index (χ4v) is 4.69. The van der Waals surface area contributed by atoms with Crippen molar-refractivity contribution in [3.63, 3.8) is 0 Å². The molecule has 4 aromatic rings. The normalized spacial score (nSPS) is 10.8. The number of thiazole rings is 1. The Hall–Kier alpha value is -3.01. The van der Waals surface area contributed by atoms with Crippen LogP contribution < -0.4 is 11.1 Å². The smallest absolute Gasteiger partial charge is 0.269 e. The third-order valence-corrected chi connectivity index (χ3v) is 6.57. The van der Waals surface area contributed by atoms with Crippen molar-refractivity contribution >= 4 is 51.8 Å². The molecule has 0 aliphatic carbocycles. The zero-order valence-corrected chi connectivity index (χ0v) is 17.4. The Bertz CT molecular complexity index is 1210. The number of hydrogen-bond donors (Lipinski definition) is 2. The number of amides is 2. The maximum atomic E-state index is 12.7. The standard InChI is InChI=1S/C19H14ClN5O2S2/c1-10-16(29-19(22-10)14-6-7-15(20)28-14)18(27)23-11-2-4-12(5-3-11)25-9-8-13(24-25)17(21)26/h2-9H,1H3,(H2,21,26)(H,23,27). The maximum Gasteiger partial charge on any atom is 0.269 e. The zero-order valence-electron chi connectivity index (χ0n) is 15.0. The molecule has 4 rings (SSSR count). The lowest BCUT2D eigenvalue weighted by atomic mass is 10.2. The van der Waals surface area contributed by atoms with Crippen LogP contribution in [0.2, 0.25) is 4.34 Å². The summed E-state index contributed by atoms with van der Waals surface area (Å²) in [5, 5.41) is 7.75. The molecule has 3 N–H and O–H groups in total. The summed E-state index contributed by atoms with van der Waals surface area (Å²) in [6, 6.07) is 12.3. The number of carbonyl (C=O) groups excluding carboxylic acids is 2. The molecule has 7 nitrogen and oxygen atoms in total. The fraction of sp³-hybridized carbons (Fsp3) is 0.0526. The van der Waals surface area contributed by atoms with Gasteiger partial charge in [0, 0.05) is 11.9 Å². The average Bonchev–Trinajstić information content (AvgIpc) is 3.41. The number of thiophene rings is 1. The van der Waals surface area contributed by atoms with Crippen LogP contribution >= 0.6 is 34.3 Å². The van der Waals surface area contributed by atoms with Crippen molar-refractivity contribution in [2.24, 2.45) is 5.73 Å². The van der Waals surface area contributed by atoms with Crippen molar-refractivity contribution in [2.75, 3.05) is 5.32 Å². The molecule has 0 spiro atoms. The van der Waals surface area contributed by atoms with E-state index in [0.29, 0.717) is 20.6 Å². The molecule has 0 saturated heterocycles. The predicted molar refractivity (Wildman–Crippen MR) is 115 cm³/mol. The van der Waals surface area contributed by atoms with E-state index < -0.39 is 5.91 Å². The summed E-state index contributed by atoms with van der Waals surface area (Å²) in [7, 11) is 0. The molecular weight excluding hydrogens is 430 g/mol. The molecule has 0 fully saturated rings. The van der Waals surface area contributed by atoms with Crippen molar-refractivity contribution in [1.29, 1.82) is 0 Å². The second kappa shape index (κ2) is 7.78. The number of halogens is 1. The summed E-state index contributed by atoms with van der Waals surface area (Å²) in [5.41, 5.74) is 7.44. The van der Waals surface area contributed by atoms with Crippen molar-refractivity contribution in [3.8, 4) is 15.6 Å². The number of primary amides is 1. The number of aromatic nitrogens is 3. The first-order valence-electron chi connectivity index (χ1n) is 8.41. The van der Waals surface area contributed by atoms with Gasteiger partial charge >= 0.3 is 0 Å². The summed E-state index contributed by atoms with van der Waals surface area (Å²) in [5.74, 6) is -0.812. The Morgan fingerprint density at radius 3 is 2.48 bits per heavy atom. The lowest BCUT2D eigenvalue weighted by Crippen LogP contribution is -2.12. The van der Waals surface area contributed by atoms with E-state index in [1.807, 2.05) is 12.1 Å². The van der Waals surface area contributed by atoms with Crippen molar-refractivity contribution in [1.82, 2.24) is 14.8 Å². The van der Waals surface area contributed by atoms with Crippen LogP contribution in [0.3, 0.4) is 0 Å². The van der Waals surface area contributed by atoms with Gasteiger partial charge in [0.15, 0.2) is 0 Å². The van der Waals surface area contributed by atoms with Crippen LogP contribution in [0.25, 0.3) is 15.6 Å². The second-order valence-electron chi connectivity index (χ2n) is 6.05. The molecule has 146 valence electrons. The average molecular weight is 444 g/mol. The molecule has 0 unspecified atom stereocenters. The molecule has 2 amide bonds. The minimum Gasteiger partial charge on any atom is -0.364 e. The minimum absolute atomic E-state index is 0.186. The zero-order chi connectivity index (χ0) is 20.5.